The Bertz CT molecular complexity index is 1460. The lowest BCUT2D eigenvalue weighted by molar-refractivity contribution is 0.107. The molecule has 1 fully saturated rings. The minimum absolute atomic E-state index is 0.123. The normalized spacial score (nSPS) is 17.6. The summed E-state index contributed by atoms with van der Waals surface area (Å²) in [6, 6.07) is 5.07. The summed E-state index contributed by atoms with van der Waals surface area (Å²) in [6.45, 7) is 5.13. The van der Waals surface area contributed by atoms with Crippen molar-refractivity contribution >= 4 is 5.82 Å². The Morgan fingerprint density at radius 1 is 1.07 bits per heavy atom. The van der Waals surface area contributed by atoms with Crippen molar-refractivity contribution in [2.75, 3.05) is 19.8 Å². The molecule has 1 aliphatic carbocycles. The van der Waals surface area contributed by atoms with Crippen LogP contribution in [0.3, 0.4) is 0 Å². The molecule has 1 aromatic carbocycles. The molecule has 5 rings (SSSR count). The van der Waals surface area contributed by atoms with E-state index >= 15 is 8.78 Å². The van der Waals surface area contributed by atoms with Crippen molar-refractivity contribution in [1.29, 1.82) is 0 Å². The van der Waals surface area contributed by atoms with Gasteiger partial charge in [0.25, 0.3) is 0 Å². The third-order valence-electron chi connectivity index (χ3n) is 7.45. The number of hydrogen-bond acceptors (Lipinski definition) is 8. The summed E-state index contributed by atoms with van der Waals surface area (Å²) < 4.78 is 39.4. The number of ether oxygens (including phenoxy) is 1. The summed E-state index contributed by atoms with van der Waals surface area (Å²) in [5.41, 5.74) is 8.00. The summed E-state index contributed by atoms with van der Waals surface area (Å²) in [5.74, 6) is -1.47. The zero-order valence-electron chi connectivity index (χ0n) is 23.3. The van der Waals surface area contributed by atoms with Gasteiger partial charge in [0, 0.05) is 36.1 Å². The van der Waals surface area contributed by atoms with E-state index in [1.807, 2.05) is 10.9 Å². The number of aromatic nitrogens is 7. The minimum Gasteiger partial charge on any atom is -0.487 e. The van der Waals surface area contributed by atoms with Crippen LogP contribution in [-0.2, 0) is 6.54 Å². The highest BCUT2D eigenvalue weighted by molar-refractivity contribution is 5.76. The Labute approximate surface area is 232 Å². The fraction of sp³-hybridized carbons (Fsp3) is 0.464. The molecule has 4 aromatic rings. The van der Waals surface area contributed by atoms with E-state index in [1.165, 1.54) is 12.1 Å². The van der Waals surface area contributed by atoms with Crippen LogP contribution in [0.1, 0.15) is 46.0 Å². The third-order valence-corrected chi connectivity index (χ3v) is 7.45. The number of anilines is 1. The van der Waals surface area contributed by atoms with Gasteiger partial charge in [-0.3, -0.25) is 4.68 Å². The van der Waals surface area contributed by atoms with E-state index in [0.29, 0.717) is 17.5 Å². The van der Waals surface area contributed by atoms with Crippen LogP contribution in [0.25, 0.3) is 28.2 Å². The SMILES string of the molecule is CC(C)CCn1cc(-c2cnc(N)c(-c3nnnn3-c3ccc(OC4CCC(N(C)C)CC4)c(F)c3F)c2)cn1. The highest BCUT2D eigenvalue weighted by Crippen LogP contribution is 2.33. The van der Waals surface area contributed by atoms with Gasteiger partial charge in [-0.25, -0.2) is 9.37 Å². The number of pyridine rings is 1. The second-order valence-corrected chi connectivity index (χ2v) is 11.0. The maximum Gasteiger partial charge on any atom is 0.202 e. The van der Waals surface area contributed by atoms with Crippen LogP contribution in [-0.4, -0.2) is 66.1 Å². The molecule has 0 saturated heterocycles. The molecule has 0 bridgehead atoms. The van der Waals surface area contributed by atoms with E-state index in [2.05, 4.69) is 58.5 Å². The van der Waals surface area contributed by atoms with Crippen LogP contribution in [0.15, 0.2) is 36.8 Å². The standard InChI is InChI=1S/C28H35F2N9O/c1-17(2)11-12-38-16-19(15-33-38)18-13-22(27(31)32-14-18)28-34-35-36-39(28)23-9-10-24(26(30)25(23)29)40-21-7-5-20(6-8-21)37(3)4/h9-10,13-17,20-21H,5-8,11-12H2,1-4H3,(H2,31,32). The number of nitrogens with two attached hydrogens (primary N) is 1. The summed E-state index contributed by atoms with van der Waals surface area (Å²) in [6.07, 6.45) is 9.61. The zero-order valence-corrected chi connectivity index (χ0v) is 23.3. The Kier molecular flexibility index (Phi) is 8.06. The van der Waals surface area contributed by atoms with Crippen molar-refractivity contribution in [3.63, 3.8) is 0 Å². The number of halogens is 2. The molecule has 3 aromatic heterocycles. The molecule has 3 heterocycles. The molecule has 0 atom stereocenters. The van der Waals surface area contributed by atoms with E-state index < -0.39 is 11.6 Å². The summed E-state index contributed by atoms with van der Waals surface area (Å²) in [5, 5.41) is 16.1. The molecule has 12 heteroatoms. The fourth-order valence-corrected chi connectivity index (χ4v) is 4.99. The molecule has 0 amide bonds. The van der Waals surface area contributed by atoms with E-state index in [0.717, 1.165) is 54.5 Å². The van der Waals surface area contributed by atoms with Gasteiger partial charge in [-0.05, 0) is 80.7 Å². The average Bonchev–Trinajstić information content (AvgIpc) is 3.61. The van der Waals surface area contributed by atoms with Crippen molar-refractivity contribution in [2.24, 2.45) is 5.92 Å². The second kappa shape index (κ2) is 11.7. The summed E-state index contributed by atoms with van der Waals surface area (Å²) >= 11 is 0. The Morgan fingerprint density at radius 3 is 2.58 bits per heavy atom. The molecular weight excluding hydrogens is 516 g/mol. The lowest BCUT2D eigenvalue weighted by Gasteiger charge is -2.32. The first kappa shape index (κ1) is 27.6. The number of tetrazole rings is 1. The predicted molar refractivity (Wildman–Crippen MR) is 148 cm³/mol. The van der Waals surface area contributed by atoms with Crippen LogP contribution in [0.4, 0.5) is 14.6 Å². The largest absolute Gasteiger partial charge is 0.487 e. The first-order valence-corrected chi connectivity index (χ1v) is 13.6. The number of hydrogen-bond donors (Lipinski definition) is 1. The van der Waals surface area contributed by atoms with E-state index in [1.54, 1.807) is 18.5 Å². The number of nitrogen functional groups attached to an aromatic ring is 1. The van der Waals surface area contributed by atoms with Crippen molar-refractivity contribution < 1.29 is 13.5 Å². The van der Waals surface area contributed by atoms with Crippen molar-refractivity contribution in [2.45, 2.75) is 64.6 Å². The Morgan fingerprint density at radius 2 is 1.85 bits per heavy atom. The second-order valence-electron chi connectivity index (χ2n) is 11.0. The lowest BCUT2D eigenvalue weighted by atomic mass is 9.92. The van der Waals surface area contributed by atoms with E-state index in [9.17, 15) is 0 Å². The van der Waals surface area contributed by atoms with Gasteiger partial charge in [-0.2, -0.15) is 14.2 Å². The van der Waals surface area contributed by atoms with Crippen molar-refractivity contribution in [1.82, 2.24) is 39.9 Å². The quantitative estimate of drug-likeness (QED) is 0.317. The molecule has 2 N–H and O–H groups in total. The van der Waals surface area contributed by atoms with Gasteiger partial charge >= 0.3 is 0 Å². The maximum absolute atomic E-state index is 15.4. The van der Waals surface area contributed by atoms with Crippen molar-refractivity contribution in [3.05, 3.63) is 48.4 Å². The summed E-state index contributed by atoms with van der Waals surface area (Å²) in [4.78, 5) is 6.49. The Hall–Kier alpha value is -3.93. The summed E-state index contributed by atoms with van der Waals surface area (Å²) in [7, 11) is 4.10. The van der Waals surface area contributed by atoms with Gasteiger partial charge in [-0.1, -0.05) is 13.8 Å². The van der Waals surface area contributed by atoms with E-state index in [4.69, 9.17) is 10.5 Å². The molecule has 1 aliphatic rings. The fourth-order valence-electron chi connectivity index (χ4n) is 4.99. The van der Waals surface area contributed by atoms with Crippen molar-refractivity contribution in [3.8, 4) is 34.0 Å². The Balaban J connectivity index is 1.39. The smallest absolute Gasteiger partial charge is 0.202 e. The molecule has 0 aliphatic heterocycles. The molecule has 0 spiro atoms. The van der Waals surface area contributed by atoms with Gasteiger partial charge in [0.05, 0.1) is 17.9 Å². The van der Waals surface area contributed by atoms with Crippen LogP contribution in [0, 0.1) is 17.6 Å². The maximum atomic E-state index is 15.4. The van der Waals surface area contributed by atoms with Gasteiger partial charge in [0.15, 0.2) is 17.4 Å². The minimum atomic E-state index is -1.11. The van der Waals surface area contributed by atoms with Crippen LogP contribution >= 0.6 is 0 Å². The highest BCUT2D eigenvalue weighted by Gasteiger charge is 2.27. The molecule has 0 unspecified atom stereocenters. The number of benzene rings is 1. The van der Waals surface area contributed by atoms with Gasteiger partial charge < -0.3 is 15.4 Å². The first-order valence-electron chi connectivity index (χ1n) is 13.6. The number of rotatable bonds is 9. The van der Waals surface area contributed by atoms with Crippen LogP contribution in [0.5, 0.6) is 5.75 Å². The molecule has 10 nitrogen and oxygen atoms in total. The zero-order chi connectivity index (χ0) is 28.4. The molecule has 0 radical (unpaired) electrons. The lowest BCUT2D eigenvalue weighted by Crippen LogP contribution is -2.35. The average molecular weight is 552 g/mol. The molecule has 1 saturated carbocycles. The predicted octanol–water partition coefficient (Wildman–Crippen LogP) is 4.75. The van der Waals surface area contributed by atoms with Gasteiger partial charge in [-0.15, -0.1) is 5.10 Å². The first-order chi connectivity index (χ1) is 19.2. The molecular formula is C28H35F2N9O. The van der Waals surface area contributed by atoms with E-state index in [-0.39, 0.29) is 29.2 Å². The topological polar surface area (TPSA) is 113 Å². The number of aryl methyl sites for hydroxylation is 1. The molecule has 212 valence electrons. The third kappa shape index (κ3) is 5.81. The number of nitrogens with zero attached hydrogens (tertiary/aromatic N) is 8. The monoisotopic (exact) mass is 551 g/mol. The van der Waals surface area contributed by atoms with Crippen LogP contribution < -0.4 is 10.5 Å². The van der Waals surface area contributed by atoms with Gasteiger partial charge in [0.2, 0.25) is 5.82 Å². The van der Waals surface area contributed by atoms with Gasteiger partial charge in [0.1, 0.15) is 11.5 Å². The highest BCUT2D eigenvalue weighted by atomic mass is 19.2. The van der Waals surface area contributed by atoms with Crippen LogP contribution in [0.2, 0.25) is 0 Å². The molecule has 40 heavy (non-hydrogen) atoms.